The van der Waals surface area contributed by atoms with Crippen molar-refractivity contribution in [1.82, 2.24) is 25.7 Å². The minimum Gasteiger partial charge on any atom is -0.377 e. The van der Waals surface area contributed by atoms with Gasteiger partial charge in [-0.3, -0.25) is 15.2 Å². The van der Waals surface area contributed by atoms with E-state index >= 15 is 0 Å². The first-order valence-corrected chi connectivity index (χ1v) is 9.23. The van der Waals surface area contributed by atoms with Gasteiger partial charge in [-0.15, -0.1) is 0 Å². The Hall–Kier alpha value is -1.81. The molecular formula is C17H26N6O3. The molecule has 0 aliphatic carbocycles. The second-order valence-corrected chi connectivity index (χ2v) is 7.26. The third-order valence-corrected chi connectivity index (χ3v) is 5.21. The number of hydrogen-bond acceptors (Lipinski definition) is 8. The average molecular weight is 362 g/mol. The number of ether oxygens (including phenoxy) is 2. The van der Waals surface area contributed by atoms with Crippen molar-refractivity contribution in [3.8, 4) is 0 Å². The van der Waals surface area contributed by atoms with E-state index in [1.807, 2.05) is 4.90 Å². The summed E-state index contributed by atoms with van der Waals surface area (Å²) in [6, 6.07) is -0.152. The second-order valence-electron chi connectivity index (χ2n) is 7.26. The molecule has 3 N–H and O–H groups in total. The summed E-state index contributed by atoms with van der Waals surface area (Å²) >= 11 is 0. The fraction of sp³-hybridized carbons (Fsp3) is 0.706. The summed E-state index contributed by atoms with van der Waals surface area (Å²) in [7, 11) is 0. The topological polar surface area (TPSA) is 101 Å². The van der Waals surface area contributed by atoms with E-state index in [-0.39, 0.29) is 11.9 Å². The summed E-state index contributed by atoms with van der Waals surface area (Å²) in [5.41, 5.74) is 5.67. The number of hydrogen-bond donors (Lipinski definition) is 3. The molecule has 0 saturated carbocycles. The highest BCUT2D eigenvalue weighted by Gasteiger charge is 2.45. The molecule has 0 bridgehead atoms. The van der Waals surface area contributed by atoms with Crippen LogP contribution >= 0.6 is 0 Å². The SMILES string of the molecule is O=C(C1CCNN1)N1CCOCC2(CC(CNc3cnccn3)CO2)C1. The predicted octanol–water partition coefficient (Wildman–Crippen LogP) is -0.611. The van der Waals surface area contributed by atoms with Gasteiger partial charge in [-0.05, 0) is 12.8 Å². The van der Waals surface area contributed by atoms with Gasteiger partial charge in [-0.2, -0.15) is 0 Å². The van der Waals surface area contributed by atoms with E-state index in [2.05, 4.69) is 26.1 Å². The lowest BCUT2D eigenvalue weighted by Crippen LogP contribution is -2.51. The molecule has 3 aliphatic rings. The highest BCUT2D eigenvalue weighted by atomic mass is 16.5. The fourth-order valence-corrected chi connectivity index (χ4v) is 3.90. The maximum atomic E-state index is 12.8. The van der Waals surface area contributed by atoms with Crippen LogP contribution in [-0.2, 0) is 14.3 Å². The van der Waals surface area contributed by atoms with E-state index < -0.39 is 5.60 Å². The van der Waals surface area contributed by atoms with Gasteiger partial charge in [-0.25, -0.2) is 10.4 Å². The lowest BCUT2D eigenvalue weighted by atomic mass is 9.94. The summed E-state index contributed by atoms with van der Waals surface area (Å²) in [5, 5.41) is 3.31. The van der Waals surface area contributed by atoms with Crippen LogP contribution in [-0.4, -0.2) is 78.4 Å². The molecule has 3 atom stereocenters. The van der Waals surface area contributed by atoms with Gasteiger partial charge >= 0.3 is 0 Å². The van der Waals surface area contributed by atoms with Gasteiger partial charge < -0.3 is 19.7 Å². The van der Waals surface area contributed by atoms with Crippen LogP contribution in [0.3, 0.4) is 0 Å². The maximum Gasteiger partial charge on any atom is 0.241 e. The lowest BCUT2D eigenvalue weighted by molar-refractivity contribution is -0.136. The molecule has 1 amide bonds. The Morgan fingerprint density at radius 1 is 1.46 bits per heavy atom. The molecule has 9 nitrogen and oxygen atoms in total. The van der Waals surface area contributed by atoms with Crippen LogP contribution in [0.2, 0.25) is 0 Å². The van der Waals surface area contributed by atoms with Gasteiger partial charge in [0, 0.05) is 37.9 Å². The van der Waals surface area contributed by atoms with E-state index in [1.54, 1.807) is 18.6 Å². The van der Waals surface area contributed by atoms with Gasteiger partial charge in [-0.1, -0.05) is 0 Å². The monoisotopic (exact) mass is 362 g/mol. The van der Waals surface area contributed by atoms with E-state index in [0.29, 0.717) is 38.8 Å². The van der Waals surface area contributed by atoms with E-state index in [0.717, 1.165) is 31.7 Å². The minimum atomic E-state index is -0.410. The molecule has 3 fully saturated rings. The van der Waals surface area contributed by atoms with Gasteiger partial charge in [0.1, 0.15) is 17.5 Å². The molecular weight excluding hydrogens is 336 g/mol. The number of hydrazine groups is 1. The highest BCUT2D eigenvalue weighted by Crippen LogP contribution is 2.33. The van der Waals surface area contributed by atoms with Crippen molar-refractivity contribution in [2.75, 3.05) is 51.3 Å². The van der Waals surface area contributed by atoms with Crippen molar-refractivity contribution in [3.05, 3.63) is 18.6 Å². The third kappa shape index (κ3) is 3.96. The van der Waals surface area contributed by atoms with Crippen molar-refractivity contribution in [1.29, 1.82) is 0 Å². The van der Waals surface area contributed by atoms with Crippen LogP contribution in [0.15, 0.2) is 18.6 Å². The fourth-order valence-electron chi connectivity index (χ4n) is 3.90. The molecule has 4 rings (SSSR count). The molecule has 26 heavy (non-hydrogen) atoms. The minimum absolute atomic E-state index is 0.129. The lowest BCUT2D eigenvalue weighted by Gasteiger charge is -2.32. The average Bonchev–Trinajstić information content (AvgIpc) is 3.29. The van der Waals surface area contributed by atoms with Crippen LogP contribution in [0.4, 0.5) is 5.82 Å². The van der Waals surface area contributed by atoms with Crippen molar-refractivity contribution in [2.45, 2.75) is 24.5 Å². The number of anilines is 1. The first-order valence-electron chi connectivity index (χ1n) is 9.23. The largest absolute Gasteiger partial charge is 0.377 e. The molecule has 3 unspecified atom stereocenters. The first-order chi connectivity index (χ1) is 12.7. The standard InChI is InChI=1S/C17H26N6O3/c24-16(14-1-2-21-22-14)23-5-6-25-12-17(11-23)7-13(10-26-17)8-20-15-9-18-3-4-19-15/h3-4,9,13-14,21-22H,1-2,5-8,10-12H2,(H,19,20). The van der Waals surface area contributed by atoms with Gasteiger partial charge in [0.05, 0.1) is 32.6 Å². The Labute approximate surface area is 152 Å². The first kappa shape index (κ1) is 17.6. The zero-order chi connectivity index (χ0) is 17.8. The number of nitrogens with one attached hydrogen (secondary N) is 3. The van der Waals surface area contributed by atoms with Crippen LogP contribution in [0.25, 0.3) is 0 Å². The highest BCUT2D eigenvalue weighted by molar-refractivity contribution is 5.82. The number of rotatable bonds is 4. The van der Waals surface area contributed by atoms with Gasteiger partial charge in [0.2, 0.25) is 5.91 Å². The molecule has 0 radical (unpaired) electrons. The molecule has 1 aromatic rings. The molecule has 3 saturated heterocycles. The summed E-state index contributed by atoms with van der Waals surface area (Å²) < 4.78 is 12.0. The number of nitrogens with zero attached hydrogens (tertiary/aromatic N) is 3. The predicted molar refractivity (Wildman–Crippen MR) is 94.3 cm³/mol. The Morgan fingerprint density at radius 3 is 3.23 bits per heavy atom. The zero-order valence-electron chi connectivity index (χ0n) is 14.8. The van der Waals surface area contributed by atoms with Crippen LogP contribution < -0.4 is 16.2 Å². The molecule has 3 aliphatic heterocycles. The van der Waals surface area contributed by atoms with E-state index in [9.17, 15) is 4.79 Å². The normalized spacial score (nSPS) is 31.9. The molecule has 1 aromatic heterocycles. The Balaban J connectivity index is 1.35. The van der Waals surface area contributed by atoms with Crippen molar-refractivity contribution >= 4 is 11.7 Å². The zero-order valence-corrected chi connectivity index (χ0v) is 14.8. The Bertz CT molecular complexity index is 612. The molecule has 9 heteroatoms. The summed E-state index contributed by atoms with van der Waals surface area (Å²) in [4.78, 5) is 23.0. The maximum absolute atomic E-state index is 12.8. The summed E-state index contributed by atoms with van der Waals surface area (Å²) in [6.45, 7) is 4.54. The molecule has 0 aromatic carbocycles. The quantitative estimate of drug-likeness (QED) is 0.652. The summed E-state index contributed by atoms with van der Waals surface area (Å²) in [6.07, 6.45) is 6.71. The Morgan fingerprint density at radius 2 is 2.42 bits per heavy atom. The second kappa shape index (κ2) is 7.83. The summed E-state index contributed by atoms with van der Waals surface area (Å²) in [5.74, 6) is 1.24. The smallest absolute Gasteiger partial charge is 0.241 e. The van der Waals surface area contributed by atoms with Crippen molar-refractivity contribution in [2.24, 2.45) is 5.92 Å². The van der Waals surface area contributed by atoms with Gasteiger partial charge in [0.25, 0.3) is 0 Å². The van der Waals surface area contributed by atoms with Crippen LogP contribution in [0.5, 0.6) is 0 Å². The van der Waals surface area contributed by atoms with Crippen molar-refractivity contribution in [3.63, 3.8) is 0 Å². The van der Waals surface area contributed by atoms with Crippen LogP contribution in [0, 0.1) is 5.92 Å². The van der Waals surface area contributed by atoms with E-state index in [1.165, 1.54) is 0 Å². The van der Waals surface area contributed by atoms with Gasteiger partial charge in [0.15, 0.2) is 0 Å². The number of aromatic nitrogens is 2. The number of carbonyl (C=O) groups excluding carboxylic acids is 1. The van der Waals surface area contributed by atoms with Crippen LogP contribution in [0.1, 0.15) is 12.8 Å². The van der Waals surface area contributed by atoms with E-state index in [4.69, 9.17) is 9.47 Å². The molecule has 142 valence electrons. The molecule has 1 spiro atoms. The molecule has 4 heterocycles. The number of amides is 1. The van der Waals surface area contributed by atoms with Crippen molar-refractivity contribution < 1.29 is 14.3 Å². The number of carbonyl (C=O) groups is 1. The Kier molecular flexibility index (Phi) is 5.30. The third-order valence-electron chi connectivity index (χ3n) is 5.21.